The smallest absolute Gasteiger partial charge is 0.337 e. The second kappa shape index (κ2) is 10.2. The van der Waals surface area contributed by atoms with Crippen molar-refractivity contribution in [1.29, 1.82) is 0 Å². The van der Waals surface area contributed by atoms with Crippen molar-refractivity contribution in [2.75, 3.05) is 11.9 Å². The van der Waals surface area contributed by atoms with E-state index in [1.165, 1.54) is 6.07 Å². The fourth-order valence-electron chi connectivity index (χ4n) is 3.36. The van der Waals surface area contributed by atoms with Crippen LogP contribution in [0.25, 0.3) is 0 Å². The van der Waals surface area contributed by atoms with Gasteiger partial charge in [-0.2, -0.15) is 0 Å². The summed E-state index contributed by atoms with van der Waals surface area (Å²) < 4.78 is 33.3. The van der Waals surface area contributed by atoms with Gasteiger partial charge in [0.25, 0.3) is 0 Å². The molecule has 1 atom stereocenters. The number of nitrogens with one attached hydrogen (secondary N) is 2. The highest BCUT2D eigenvalue weighted by Gasteiger charge is 2.23. The number of benzene rings is 2. The van der Waals surface area contributed by atoms with Gasteiger partial charge >= 0.3 is 5.97 Å². The molecule has 32 heavy (non-hydrogen) atoms. The predicted octanol–water partition coefficient (Wildman–Crippen LogP) is 5.02. The Kier molecular flexibility index (Phi) is 7.60. The van der Waals surface area contributed by atoms with Crippen molar-refractivity contribution in [2.45, 2.75) is 37.6 Å². The number of hydrogen-bond acceptors (Lipinski definition) is 5. The Morgan fingerprint density at radius 2 is 1.88 bits per heavy atom. The molecule has 0 amide bonds. The monoisotopic (exact) mass is 476 g/mol. The third kappa shape index (κ3) is 5.70. The van der Waals surface area contributed by atoms with Crippen molar-refractivity contribution in [3.05, 3.63) is 82.3 Å². The van der Waals surface area contributed by atoms with E-state index in [0.717, 1.165) is 18.1 Å². The molecule has 2 aromatic carbocycles. The molecule has 170 valence electrons. The van der Waals surface area contributed by atoms with E-state index in [1.807, 2.05) is 37.3 Å². The summed E-state index contributed by atoms with van der Waals surface area (Å²) in [4.78, 5) is 11.6. The molecule has 9 heteroatoms. The van der Waals surface area contributed by atoms with Crippen LogP contribution in [0.15, 0.2) is 63.9 Å². The molecule has 1 heterocycles. The zero-order chi connectivity index (χ0) is 23.3. The third-order valence-corrected chi connectivity index (χ3v) is 6.99. The maximum Gasteiger partial charge on any atom is 0.337 e. The number of aromatic carboxylic acids is 1. The van der Waals surface area contributed by atoms with E-state index in [2.05, 4.69) is 10.0 Å². The number of furan rings is 1. The fraction of sp³-hybridized carbons (Fsp3) is 0.261. The molecule has 3 aromatic rings. The minimum absolute atomic E-state index is 0.0756. The molecular weight excluding hydrogens is 452 g/mol. The van der Waals surface area contributed by atoms with Crippen LogP contribution in [0.4, 0.5) is 5.69 Å². The summed E-state index contributed by atoms with van der Waals surface area (Å²) in [6.45, 7) is 4.19. The van der Waals surface area contributed by atoms with Gasteiger partial charge in [0, 0.05) is 12.5 Å². The lowest BCUT2D eigenvalue weighted by Gasteiger charge is -2.19. The largest absolute Gasteiger partial charge is 0.478 e. The van der Waals surface area contributed by atoms with Crippen molar-refractivity contribution in [3.63, 3.8) is 0 Å². The van der Waals surface area contributed by atoms with E-state index in [9.17, 15) is 18.3 Å². The van der Waals surface area contributed by atoms with Gasteiger partial charge in [-0.1, -0.05) is 48.9 Å². The van der Waals surface area contributed by atoms with E-state index in [1.54, 1.807) is 19.1 Å². The van der Waals surface area contributed by atoms with Crippen LogP contribution in [0.3, 0.4) is 0 Å². The van der Waals surface area contributed by atoms with Crippen LogP contribution in [0.5, 0.6) is 0 Å². The van der Waals surface area contributed by atoms with Crippen LogP contribution in [0, 0.1) is 6.92 Å². The quantitative estimate of drug-likeness (QED) is 0.379. The minimum Gasteiger partial charge on any atom is -0.478 e. The van der Waals surface area contributed by atoms with Crippen LogP contribution in [-0.4, -0.2) is 26.0 Å². The molecule has 0 aliphatic heterocycles. The molecule has 0 saturated heterocycles. The van der Waals surface area contributed by atoms with Crippen LogP contribution in [0.1, 0.15) is 46.7 Å². The van der Waals surface area contributed by atoms with Gasteiger partial charge in [-0.05, 0) is 43.2 Å². The number of rotatable bonds is 10. The van der Waals surface area contributed by atoms with Gasteiger partial charge in [0.05, 0.1) is 22.8 Å². The van der Waals surface area contributed by atoms with Gasteiger partial charge in [-0.15, -0.1) is 0 Å². The minimum atomic E-state index is -4.06. The maximum atomic E-state index is 12.8. The van der Waals surface area contributed by atoms with Crippen molar-refractivity contribution in [2.24, 2.45) is 0 Å². The number of halogens is 1. The molecule has 0 radical (unpaired) electrons. The second-order valence-electron chi connectivity index (χ2n) is 7.37. The van der Waals surface area contributed by atoms with Crippen molar-refractivity contribution in [3.8, 4) is 0 Å². The third-order valence-electron chi connectivity index (χ3n) is 5.13. The topological polar surface area (TPSA) is 109 Å². The van der Waals surface area contributed by atoms with E-state index < -0.39 is 16.0 Å². The highest BCUT2D eigenvalue weighted by atomic mass is 35.5. The number of sulfonamides is 1. The number of carboxylic acid groups (broad SMARTS) is 1. The summed E-state index contributed by atoms with van der Waals surface area (Å²) in [5.74, 6) is -0.0133. The van der Waals surface area contributed by atoms with Crippen molar-refractivity contribution >= 4 is 33.3 Å². The van der Waals surface area contributed by atoms with Crippen molar-refractivity contribution in [1.82, 2.24) is 4.72 Å². The van der Waals surface area contributed by atoms with Gasteiger partial charge in [0.1, 0.15) is 16.4 Å². The Hall–Kier alpha value is -2.81. The molecule has 1 aromatic heterocycles. The number of aryl methyl sites for hydroxylation is 1. The molecule has 0 aliphatic carbocycles. The molecule has 0 spiro atoms. The molecule has 3 N–H and O–H groups in total. The second-order valence-corrected chi connectivity index (χ2v) is 9.51. The fourth-order valence-corrected chi connectivity index (χ4v) is 4.91. The van der Waals surface area contributed by atoms with E-state index in [-0.39, 0.29) is 33.6 Å². The average molecular weight is 477 g/mol. The first kappa shape index (κ1) is 23.8. The van der Waals surface area contributed by atoms with Crippen LogP contribution >= 0.6 is 11.6 Å². The van der Waals surface area contributed by atoms with Crippen molar-refractivity contribution < 1.29 is 22.7 Å². The summed E-state index contributed by atoms with van der Waals surface area (Å²) in [6.07, 6.45) is 0.843. The first-order chi connectivity index (χ1) is 15.2. The summed E-state index contributed by atoms with van der Waals surface area (Å²) in [7, 11) is -4.06. The molecule has 0 aliphatic rings. The van der Waals surface area contributed by atoms with E-state index >= 15 is 0 Å². The molecule has 0 fully saturated rings. The average Bonchev–Trinajstić information content (AvgIpc) is 3.18. The maximum absolute atomic E-state index is 12.8. The van der Waals surface area contributed by atoms with Crippen LogP contribution < -0.4 is 10.0 Å². The SMILES string of the molecule is CCC(CNc1cc(Cl)c(S(=O)(=O)NCc2ccc(C)o2)cc1C(=O)O)c1ccccc1. The van der Waals surface area contributed by atoms with Gasteiger partial charge in [-0.3, -0.25) is 0 Å². The normalized spacial score (nSPS) is 12.5. The first-order valence-electron chi connectivity index (χ1n) is 10.1. The summed E-state index contributed by atoms with van der Waals surface area (Å²) in [5, 5.41) is 12.7. The van der Waals surface area contributed by atoms with Gasteiger partial charge in [0.2, 0.25) is 10.0 Å². The summed E-state index contributed by atoms with van der Waals surface area (Å²) in [6, 6.07) is 15.7. The summed E-state index contributed by atoms with van der Waals surface area (Å²) >= 11 is 6.27. The molecule has 3 rings (SSSR count). The zero-order valence-electron chi connectivity index (χ0n) is 17.8. The van der Waals surface area contributed by atoms with E-state index in [4.69, 9.17) is 16.0 Å². The lowest BCUT2D eigenvalue weighted by molar-refractivity contribution is 0.0697. The molecular formula is C23H25ClN2O5S. The van der Waals surface area contributed by atoms with Gasteiger partial charge < -0.3 is 14.8 Å². The summed E-state index contributed by atoms with van der Waals surface area (Å²) in [5.41, 5.74) is 1.21. The van der Waals surface area contributed by atoms with E-state index in [0.29, 0.717) is 18.1 Å². The number of anilines is 1. The Labute approximate surface area is 192 Å². The Morgan fingerprint density at radius 3 is 2.47 bits per heavy atom. The Bertz CT molecular complexity index is 1190. The predicted molar refractivity (Wildman–Crippen MR) is 124 cm³/mol. The van der Waals surface area contributed by atoms with Crippen LogP contribution in [0.2, 0.25) is 5.02 Å². The number of carboxylic acids is 1. The Balaban J connectivity index is 1.83. The first-order valence-corrected chi connectivity index (χ1v) is 12.0. The molecule has 1 unspecified atom stereocenters. The van der Waals surface area contributed by atoms with Crippen LogP contribution in [-0.2, 0) is 16.6 Å². The molecule has 7 nitrogen and oxygen atoms in total. The molecule has 0 bridgehead atoms. The number of carbonyl (C=O) groups is 1. The molecule has 0 saturated carbocycles. The Morgan fingerprint density at radius 1 is 1.16 bits per heavy atom. The number of hydrogen-bond donors (Lipinski definition) is 3. The highest BCUT2D eigenvalue weighted by Crippen LogP contribution is 2.30. The van der Waals surface area contributed by atoms with Gasteiger partial charge in [-0.25, -0.2) is 17.9 Å². The van der Waals surface area contributed by atoms with Gasteiger partial charge in [0.15, 0.2) is 0 Å². The lowest BCUT2D eigenvalue weighted by atomic mass is 9.96. The lowest BCUT2D eigenvalue weighted by Crippen LogP contribution is -2.24. The highest BCUT2D eigenvalue weighted by molar-refractivity contribution is 7.89. The zero-order valence-corrected chi connectivity index (χ0v) is 19.3. The standard InChI is InChI=1S/C23H25ClN2O5S/c1-3-16(17-7-5-4-6-8-17)13-25-21-12-20(24)22(11-19(21)23(27)28)32(29,30)26-14-18-10-9-15(2)31-18/h4-12,16,25-26H,3,13-14H2,1-2H3,(H,27,28).